The van der Waals surface area contributed by atoms with Gasteiger partial charge in [0.15, 0.2) is 5.82 Å². The number of nitrogens with one attached hydrogen (secondary N) is 2. The van der Waals surface area contributed by atoms with E-state index < -0.39 is 62.1 Å². The van der Waals surface area contributed by atoms with Crippen molar-refractivity contribution >= 4 is 39.2 Å². The fraction of sp³-hybridized carbons (Fsp3) is 0.333. The van der Waals surface area contributed by atoms with E-state index in [0.29, 0.717) is 36.2 Å². The van der Waals surface area contributed by atoms with Crippen LogP contribution in [-0.4, -0.2) is 63.0 Å². The van der Waals surface area contributed by atoms with Crippen LogP contribution < -0.4 is 10.6 Å². The molecule has 2 N–H and O–H groups in total. The molecule has 1 saturated heterocycles. The lowest BCUT2D eigenvalue weighted by molar-refractivity contribution is 0.0949. The molecule has 1 amide bonds. The van der Waals surface area contributed by atoms with Crippen molar-refractivity contribution < 1.29 is 30.8 Å². The van der Waals surface area contributed by atoms with Gasteiger partial charge < -0.3 is 10.6 Å². The van der Waals surface area contributed by atoms with Crippen molar-refractivity contribution in [1.82, 2.24) is 19.9 Å². The van der Waals surface area contributed by atoms with Gasteiger partial charge in [-0.25, -0.2) is 31.0 Å². The van der Waals surface area contributed by atoms with Crippen molar-refractivity contribution in [2.45, 2.75) is 24.4 Å². The predicted molar refractivity (Wildman–Crippen MR) is 134 cm³/mol. The minimum atomic E-state index is -4.34. The summed E-state index contributed by atoms with van der Waals surface area (Å²) in [4.78, 5) is 15.8. The van der Waals surface area contributed by atoms with Gasteiger partial charge in [0.1, 0.15) is 29.0 Å². The quantitative estimate of drug-likeness (QED) is 0.339. The number of carbonyl (C=O) groups excluding carboxylic acids is 1. The molecule has 1 fully saturated rings. The van der Waals surface area contributed by atoms with Gasteiger partial charge in [-0.1, -0.05) is 6.07 Å². The summed E-state index contributed by atoms with van der Waals surface area (Å²) in [5, 5.41) is 5.83. The van der Waals surface area contributed by atoms with Gasteiger partial charge >= 0.3 is 0 Å². The number of rotatable bonds is 7. The number of benzene rings is 2. The highest BCUT2D eigenvalue weighted by molar-refractivity contribution is 7.89. The molecular weight excluding hydrogens is 536 g/mol. The van der Waals surface area contributed by atoms with Crippen LogP contribution in [-0.2, 0) is 10.0 Å². The Hall–Kier alpha value is -2.80. The van der Waals surface area contributed by atoms with Crippen LogP contribution in [0.2, 0.25) is 0 Å². The topological polar surface area (TPSA) is 91.4 Å². The number of halogens is 5. The van der Waals surface area contributed by atoms with Crippen LogP contribution in [0.3, 0.4) is 0 Å². The summed E-state index contributed by atoms with van der Waals surface area (Å²) >= 11 is 0. The molecule has 3 aromatic rings. The molecule has 200 valence electrons. The highest BCUT2D eigenvalue weighted by Gasteiger charge is 2.34. The van der Waals surface area contributed by atoms with Gasteiger partial charge in [-0.15, -0.1) is 12.4 Å². The van der Waals surface area contributed by atoms with Gasteiger partial charge in [0.05, 0.1) is 10.5 Å². The lowest BCUT2D eigenvalue weighted by Crippen LogP contribution is -2.30. The first-order chi connectivity index (χ1) is 17.0. The molecule has 37 heavy (non-hydrogen) atoms. The minimum absolute atomic E-state index is 0. The Balaban J connectivity index is 0.00000380. The highest BCUT2D eigenvalue weighted by Crippen LogP contribution is 2.36. The van der Waals surface area contributed by atoms with E-state index in [1.54, 1.807) is 14.0 Å². The zero-order valence-electron chi connectivity index (χ0n) is 19.9. The molecule has 1 aliphatic rings. The summed E-state index contributed by atoms with van der Waals surface area (Å²) in [7, 11) is -2.62. The normalized spacial score (nSPS) is 16.1. The maximum atomic E-state index is 15.6. The molecular formula is C24H25ClF4N4O3S. The zero-order chi connectivity index (χ0) is 26.2. The van der Waals surface area contributed by atoms with Gasteiger partial charge in [0, 0.05) is 37.1 Å². The Kier molecular flexibility index (Phi) is 8.78. The average molecular weight is 561 g/mol. The van der Waals surface area contributed by atoms with Gasteiger partial charge in [0.25, 0.3) is 5.91 Å². The number of sulfonamides is 1. The van der Waals surface area contributed by atoms with Gasteiger partial charge in [0.2, 0.25) is 10.0 Å². The third kappa shape index (κ3) is 5.57. The van der Waals surface area contributed by atoms with Crippen molar-refractivity contribution in [3.63, 3.8) is 0 Å². The molecule has 7 nitrogen and oxygen atoms in total. The minimum Gasteiger partial charge on any atom is -0.349 e. The number of amides is 1. The number of carbonyl (C=O) groups is 1. The first-order valence-corrected chi connectivity index (χ1v) is 12.6. The first kappa shape index (κ1) is 28.8. The molecule has 0 bridgehead atoms. The second kappa shape index (κ2) is 11.3. The van der Waals surface area contributed by atoms with Crippen LogP contribution in [0.1, 0.15) is 22.5 Å². The summed E-state index contributed by atoms with van der Waals surface area (Å²) in [5.74, 6) is -4.21. The average Bonchev–Trinajstić information content (AvgIpc) is 3.28. The molecule has 13 heteroatoms. The van der Waals surface area contributed by atoms with E-state index in [1.807, 2.05) is 0 Å². The van der Waals surface area contributed by atoms with Crippen LogP contribution in [0.4, 0.5) is 17.6 Å². The van der Waals surface area contributed by atoms with Crippen molar-refractivity contribution in [2.75, 3.05) is 33.2 Å². The third-order valence-electron chi connectivity index (χ3n) is 6.03. The molecule has 0 aliphatic carbocycles. The molecule has 1 atom stereocenters. The van der Waals surface area contributed by atoms with E-state index in [-0.39, 0.29) is 36.6 Å². The Morgan fingerprint density at radius 2 is 1.81 bits per heavy atom. The summed E-state index contributed by atoms with van der Waals surface area (Å²) < 4.78 is 85.6. The van der Waals surface area contributed by atoms with Crippen LogP contribution in [0, 0.1) is 24.4 Å². The largest absolute Gasteiger partial charge is 0.349 e. The predicted octanol–water partition coefficient (Wildman–Crippen LogP) is 3.73. The highest BCUT2D eigenvalue weighted by atomic mass is 35.5. The summed E-state index contributed by atoms with van der Waals surface area (Å²) in [6.07, 6.45) is -1.36. The van der Waals surface area contributed by atoms with Crippen LogP contribution in [0.15, 0.2) is 35.2 Å². The summed E-state index contributed by atoms with van der Waals surface area (Å²) in [6, 6.07) is 5.34. The fourth-order valence-electron chi connectivity index (χ4n) is 4.14. The van der Waals surface area contributed by atoms with E-state index in [1.165, 1.54) is 18.2 Å². The Morgan fingerprint density at radius 1 is 1.14 bits per heavy atom. The molecule has 0 radical (unpaired) electrons. The fourth-order valence-corrected chi connectivity index (χ4v) is 5.65. The van der Waals surface area contributed by atoms with Crippen LogP contribution in [0.25, 0.3) is 22.0 Å². The first-order valence-electron chi connectivity index (χ1n) is 11.2. The number of pyridine rings is 1. The Labute approximate surface area is 217 Å². The van der Waals surface area contributed by atoms with E-state index in [9.17, 15) is 17.6 Å². The smallest absolute Gasteiger partial charge is 0.269 e. The van der Waals surface area contributed by atoms with Crippen LogP contribution in [0.5, 0.6) is 0 Å². The second-order valence-corrected chi connectivity index (χ2v) is 10.5. The Morgan fingerprint density at radius 3 is 2.41 bits per heavy atom. The number of nitrogens with zero attached hydrogens (tertiary/aromatic N) is 2. The number of hydrogen-bond acceptors (Lipinski definition) is 5. The Bertz CT molecular complexity index is 1430. The zero-order valence-corrected chi connectivity index (χ0v) is 21.6. The standard InChI is InChI=1S/C24H24F4N4O3S.ClH/c1-13-9-17(22(28)23-16(13)3-4-20(31-23)24(33)30-7-6-29-2)21-18(26)10-15(11-19(21)27)36(34,35)32-8-5-14(25)12-32;/h3-4,9-11,14,29H,5-8,12H2,1-2H3,(H,30,33);1H/t14-;/m0./s1. The molecule has 4 rings (SSSR count). The summed E-state index contributed by atoms with van der Waals surface area (Å²) in [6.45, 7) is 1.90. The van der Waals surface area contributed by atoms with E-state index in [0.717, 1.165) is 4.31 Å². The number of aryl methyl sites for hydroxylation is 1. The second-order valence-electron chi connectivity index (χ2n) is 8.52. The van der Waals surface area contributed by atoms with Crippen molar-refractivity contribution in [3.05, 3.63) is 59.0 Å². The van der Waals surface area contributed by atoms with E-state index in [4.69, 9.17) is 0 Å². The van der Waals surface area contributed by atoms with Crippen molar-refractivity contribution in [3.8, 4) is 11.1 Å². The molecule has 1 aromatic heterocycles. The number of likely N-dealkylation sites (N-methyl/N-ethyl adjacent to an activating group) is 1. The molecule has 0 unspecified atom stereocenters. The lowest BCUT2D eigenvalue weighted by atomic mass is 9.98. The lowest BCUT2D eigenvalue weighted by Gasteiger charge is -2.17. The van der Waals surface area contributed by atoms with Gasteiger partial charge in [-0.2, -0.15) is 4.31 Å². The maximum Gasteiger partial charge on any atom is 0.269 e. The number of hydrogen-bond donors (Lipinski definition) is 2. The van der Waals surface area contributed by atoms with Crippen molar-refractivity contribution in [2.24, 2.45) is 0 Å². The number of aromatic nitrogens is 1. The maximum absolute atomic E-state index is 15.6. The van der Waals surface area contributed by atoms with Gasteiger partial charge in [-0.3, -0.25) is 4.79 Å². The molecule has 2 aromatic carbocycles. The summed E-state index contributed by atoms with van der Waals surface area (Å²) in [5.41, 5.74) is -1.13. The van der Waals surface area contributed by atoms with E-state index >= 15 is 13.2 Å². The molecule has 0 spiro atoms. The monoisotopic (exact) mass is 560 g/mol. The third-order valence-corrected chi connectivity index (χ3v) is 7.88. The van der Waals surface area contributed by atoms with Gasteiger partial charge in [-0.05, 0) is 50.2 Å². The molecule has 0 saturated carbocycles. The number of alkyl halides is 1. The van der Waals surface area contributed by atoms with Crippen molar-refractivity contribution in [1.29, 1.82) is 0 Å². The molecule has 2 heterocycles. The van der Waals surface area contributed by atoms with Crippen LogP contribution >= 0.6 is 12.4 Å². The number of fused-ring (bicyclic) bond motifs is 1. The van der Waals surface area contributed by atoms with E-state index in [2.05, 4.69) is 15.6 Å². The molecule has 1 aliphatic heterocycles. The SMILES string of the molecule is CNCCNC(=O)c1ccc2c(C)cc(-c3c(F)cc(S(=O)(=O)N4CC[C@H](F)C4)cc3F)c(F)c2n1.Cl.